The molecule has 4 N–H and O–H groups in total. The molecule has 3 rings (SSSR count). The van der Waals surface area contributed by atoms with Gasteiger partial charge >= 0.3 is 0 Å². The summed E-state index contributed by atoms with van der Waals surface area (Å²) in [4.78, 5) is 27.5. The second-order valence-electron chi connectivity index (χ2n) is 5.97. The molecule has 23 heavy (non-hydrogen) atoms. The maximum absolute atomic E-state index is 12.3. The smallest absolute Gasteiger partial charge is 0.268 e. The highest BCUT2D eigenvalue weighted by atomic mass is 16.3. The first kappa shape index (κ1) is 15.6. The second-order valence-corrected chi connectivity index (χ2v) is 5.97. The Bertz CT molecular complexity index is 671. The first-order chi connectivity index (χ1) is 11.2. The number of nitrogens with one attached hydrogen (secondary N) is 3. The van der Waals surface area contributed by atoms with E-state index in [4.69, 9.17) is 0 Å². The molecular weight excluding hydrogens is 294 g/mol. The number of carbonyl (C=O) groups excluding carboxylic acids is 2. The Balaban J connectivity index is 1.65. The molecule has 1 aliphatic carbocycles. The number of aromatic amines is 1. The van der Waals surface area contributed by atoms with Crippen LogP contribution in [-0.4, -0.2) is 40.6 Å². The van der Waals surface area contributed by atoms with Crippen LogP contribution in [0, 0.1) is 0 Å². The predicted octanol–water partition coefficient (Wildman–Crippen LogP) is 1.32. The van der Waals surface area contributed by atoms with Crippen LogP contribution in [0.2, 0.25) is 0 Å². The molecule has 1 unspecified atom stereocenters. The molecule has 122 valence electrons. The van der Waals surface area contributed by atoms with E-state index in [-0.39, 0.29) is 11.9 Å². The lowest BCUT2D eigenvalue weighted by Gasteiger charge is -2.19. The third-order valence-electron chi connectivity index (χ3n) is 4.28. The summed E-state index contributed by atoms with van der Waals surface area (Å²) in [7, 11) is 0. The SMILES string of the molecule is O=C(NC(CO)C(=O)NC1CCCC1)c1cc2ccccc2[nH]1. The number of benzene rings is 1. The summed E-state index contributed by atoms with van der Waals surface area (Å²) in [6.45, 7) is -0.426. The molecule has 0 spiro atoms. The number of fused-ring (bicyclic) bond motifs is 1. The van der Waals surface area contributed by atoms with E-state index in [1.807, 2.05) is 24.3 Å². The van der Waals surface area contributed by atoms with Gasteiger partial charge in [-0.1, -0.05) is 31.0 Å². The van der Waals surface area contributed by atoms with Crippen LogP contribution in [0.1, 0.15) is 36.2 Å². The molecule has 1 aromatic carbocycles. The molecule has 2 amide bonds. The molecule has 0 radical (unpaired) electrons. The topological polar surface area (TPSA) is 94.2 Å². The molecule has 6 heteroatoms. The highest BCUT2D eigenvalue weighted by molar-refractivity contribution is 6.00. The van der Waals surface area contributed by atoms with Crippen molar-refractivity contribution in [1.82, 2.24) is 15.6 Å². The molecule has 1 fully saturated rings. The fourth-order valence-electron chi connectivity index (χ4n) is 3.00. The Labute approximate surface area is 134 Å². The van der Waals surface area contributed by atoms with Gasteiger partial charge in [0, 0.05) is 16.9 Å². The first-order valence-electron chi connectivity index (χ1n) is 7.97. The standard InChI is InChI=1S/C17H21N3O3/c21-10-15(17(23)18-12-6-2-3-7-12)20-16(22)14-9-11-5-1-4-8-13(11)19-14/h1,4-5,8-9,12,15,19,21H,2-3,6-7,10H2,(H,18,23)(H,20,22). The zero-order valence-electron chi connectivity index (χ0n) is 12.8. The normalized spacial score (nSPS) is 16.4. The van der Waals surface area contributed by atoms with E-state index in [9.17, 15) is 14.7 Å². The van der Waals surface area contributed by atoms with Gasteiger partial charge < -0.3 is 20.7 Å². The molecule has 1 aromatic heterocycles. The van der Waals surface area contributed by atoms with Crippen molar-refractivity contribution in [3.63, 3.8) is 0 Å². The Morgan fingerprint density at radius 2 is 2.00 bits per heavy atom. The average molecular weight is 315 g/mol. The van der Waals surface area contributed by atoms with E-state index in [1.165, 1.54) is 0 Å². The molecule has 1 saturated carbocycles. The van der Waals surface area contributed by atoms with E-state index in [2.05, 4.69) is 15.6 Å². The monoisotopic (exact) mass is 315 g/mol. The number of para-hydroxylation sites is 1. The Kier molecular flexibility index (Phi) is 4.62. The number of aliphatic hydroxyl groups excluding tert-OH is 1. The van der Waals surface area contributed by atoms with Gasteiger partial charge in [-0.25, -0.2) is 0 Å². The number of carbonyl (C=O) groups is 2. The van der Waals surface area contributed by atoms with E-state index < -0.39 is 18.6 Å². The van der Waals surface area contributed by atoms with Crippen LogP contribution < -0.4 is 10.6 Å². The van der Waals surface area contributed by atoms with E-state index >= 15 is 0 Å². The lowest BCUT2D eigenvalue weighted by atomic mass is 10.2. The average Bonchev–Trinajstić information content (AvgIpc) is 3.20. The summed E-state index contributed by atoms with van der Waals surface area (Å²) >= 11 is 0. The number of H-pyrrole nitrogens is 1. The van der Waals surface area contributed by atoms with Crippen molar-refractivity contribution in [2.24, 2.45) is 0 Å². The lowest BCUT2D eigenvalue weighted by Crippen LogP contribution is -2.51. The molecule has 1 aliphatic rings. The number of aromatic nitrogens is 1. The molecular formula is C17H21N3O3. The molecule has 1 atom stereocenters. The summed E-state index contributed by atoms with van der Waals surface area (Å²) in [5.41, 5.74) is 1.23. The number of rotatable bonds is 5. The minimum absolute atomic E-state index is 0.154. The predicted molar refractivity (Wildman–Crippen MR) is 87.0 cm³/mol. The molecule has 6 nitrogen and oxygen atoms in total. The van der Waals surface area contributed by atoms with Crippen molar-refractivity contribution in [2.45, 2.75) is 37.8 Å². The molecule has 0 aliphatic heterocycles. The minimum atomic E-state index is -0.936. The summed E-state index contributed by atoms with van der Waals surface area (Å²) in [6.07, 6.45) is 4.13. The molecule has 0 bridgehead atoms. The maximum atomic E-state index is 12.3. The Morgan fingerprint density at radius 1 is 1.26 bits per heavy atom. The Morgan fingerprint density at radius 3 is 2.70 bits per heavy atom. The number of amides is 2. The van der Waals surface area contributed by atoms with Crippen molar-refractivity contribution in [3.8, 4) is 0 Å². The number of aliphatic hydroxyl groups is 1. The van der Waals surface area contributed by atoms with Gasteiger partial charge in [0.15, 0.2) is 0 Å². The van der Waals surface area contributed by atoms with E-state index in [0.717, 1.165) is 36.6 Å². The van der Waals surface area contributed by atoms with Crippen molar-refractivity contribution < 1.29 is 14.7 Å². The van der Waals surface area contributed by atoms with Crippen LogP contribution in [-0.2, 0) is 4.79 Å². The van der Waals surface area contributed by atoms with Crippen LogP contribution in [0.4, 0.5) is 0 Å². The summed E-state index contributed by atoms with van der Waals surface area (Å²) < 4.78 is 0. The van der Waals surface area contributed by atoms with Gasteiger partial charge in [-0.05, 0) is 25.0 Å². The Hall–Kier alpha value is -2.34. The maximum Gasteiger partial charge on any atom is 0.268 e. The van der Waals surface area contributed by atoms with Gasteiger partial charge in [0.25, 0.3) is 5.91 Å². The minimum Gasteiger partial charge on any atom is -0.394 e. The second kappa shape index (κ2) is 6.83. The van der Waals surface area contributed by atoms with Crippen LogP contribution in [0.15, 0.2) is 30.3 Å². The number of hydrogen-bond donors (Lipinski definition) is 4. The van der Waals surface area contributed by atoms with Crippen LogP contribution in [0.5, 0.6) is 0 Å². The van der Waals surface area contributed by atoms with Crippen molar-refractivity contribution in [1.29, 1.82) is 0 Å². The highest BCUT2D eigenvalue weighted by Gasteiger charge is 2.25. The van der Waals surface area contributed by atoms with Crippen LogP contribution in [0.25, 0.3) is 10.9 Å². The lowest BCUT2D eigenvalue weighted by molar-refractivity contribution is -0.124. The van der Waals surface area contributed by atoms with Crippen molar-refractivity contribution in [3.05, 3.63) is 36.0 Å². The van der Waals surface area contributed by atoms with Crippen molar-refractivity contribution >= 4 is 22.7 Å². The number of hydrogen-bond acceptors (Lipinski definition) is 3. The molecule has 2 aromatic rings. The molecule has 1 heterocycles. The van der Waals surface area contributed by atoms with Gasteiger partial charge in [-0.2, -0.15) is 0 Å². The fraction of sp³-hybridized carbons (Fsp3) is 0.412. The molecule has 0 saturated heterocycles. The van der Waals surface area contributed by atoms with Gasteiger partial charge in [-0.15, -0.1) is 0 Å². The quantitative estimate of drug-likeness (QED) is 0.670. The summed E-state index contributed by atoms with van der Waals surface area (Å²) in [5, 5.41) is 15.8. The zero-order valence-corrected chi connectivity index (χ0v) is 12.8. The third-order valence-corrected chi connectivity index (χ3v) is 4.28. The van der Waals surface area contributed by atoms with Crippen molar-refractivity contribution in [2.75, 3.05) is 6.61 Å². The zero-order chi connectivity index (χ0) is 16.2. The van der Waals surface area contributed by atoms with Crippen LogP contribution >= 0.6 is 0 Å². The summed E-state index contributed by atoms with van der Waals surface area (Å²) in [6, 6.07) is 8.50. The first-order valence-corrected chi connectivity index (χ1v) is 7.97. The van der Waals surface area contributed by atoms with Gasteiger partial charge in [0.05, 0.1) is 6.61 Å². The summed E-state index contributed by atoms with van der Waals surface area (Å²) in [5.74, 6) is -0.731. The highest BCUT2D eigenvalue weighted by Crippen LogP contribution is 2.18. The van der Waals surface area contributed by atoms with Gasteiger partial charge in [0.1, 0.15) is 11.7 Å². The van der Waals surface area contributed by atoms with E-state index in [1.54, 1.807) is 6.07 Å². The largest absolute Gasteiger partial charge is 0.394 e. The fourth-order valence-corrected chi connectivity index (χ4v) is 3.00. The van der Waals surface area contributed by atoms with Gasteiger partial charge in [-0.3, -0.25) is 9.59 Å². The third kappa shape index (κ3) is 3.53. The van der Waals surface area contributed by atoms with E-state index in [0.29, 0.717) is 5.69 Å². The van der Waals surface area contributed by atoms with Crippen LogP contribution in [0.3, 0.4) is 0 Å². The van der Waals surface area contributed by atoms with Gasteiger partial charge in [0.2, 0.25) is 5.91 Å².